The van der Waals surface area contributed by atoms with Crippen molar-refractivity contribution in [3.8, 4) is 17.2 Å². The number of carbonyl (C=O) groups is 2. The number of nitrogens with zero attached hydrogens (tertiary/aromatic N) is 2. The van der Waals surface area contributed by atoms with Gasteiger partial charge in [-0.15, -0.1) is 0 Å². The molecule has 0 fully saturated rings. The minimum atomic E-state index is -0.935. The van der Waals surface area contributed by atoms with Gasteiger partial charge in [0, 0.05) is 15.6 Å². The van der Waals surface area contributed by atoms with E-state index in [1.807, 2.05) is 12.1 Å². The summed E-state index contributed by atoms with van der Waals surface area (Å²) < 4.78 is 29.4. The Kier molecular flexibility index (Phi) is 11.7. The number of halogens is 3. The van der Waals surface area contributed by atoms with Crippen LogP contribution in [0, 0.1) is 0 Å². The molecule has 1 atom stereocenters. The molecule has 49 heavy (non-hydrogen) atoms. The minimum Gasteiger partial charge on any atom is -0.490 e. The summed E-state index contributed by atoms with van der Waals surface area (Å²) in [7, 11) is 1.26. The molecule has 0 N–H and O–H groups in total. The number of aromatic nitrogens is 1. The standard InChI is InChI=1S/C35H31Cl3N2O8S/c1-5-45-27-14-21(9-12-26(27)47-18-29(41)44-4)31-30(34(43)46-6-2)19(3)39-35-40(31)33(42)28(49-35)15-22-13-24(37)16-25(38)32(22)48-17-20-7-10-23(36)11-8-20/h7-16,31H,5-6,17-18H2,1-4H3/b28-15+/t31-/m1/s1. The van der Waals surface area contributed by atoms with Crippen molar-refractivity contribution in [3.63, 3.8) is 0 Å². The number of benzene rings is 3. The number of hydrogen-bond donors (Lipinski definition) is 0. The zero-order chi connectivity index (χ0) is 35.2. The molecule has 0 saturated heterocycles. The fourth-order valence-corrected chi connectivity index (χ4v) is 6.83. The van der Waals surface area contributed by atoms with Gasteiger partial charge in [0.1, 0.15) is 12.4 Å². The van der Waals surface area contributed by atoms with Crippen molar-refractivity contribution in [1.29, 1.82) is 0 Å². The Morgan fingerprint density at radius 1 is 0.939 bits per heavy atom. The molecule has 0 radical (unpaired) electrons. The molecule has 10 nitrogen and oxygen atoms in total. The lowest BCUT2D eigenvalue weighted by Crippen LogP contribution is -2.40. The van der Waals surface area contributed by atoms with E-state index < -0.39 is 23.5 Å². The number of ether oxygens (including phenoxy) is 5. The van der Waals surface area contributed by atoms with E-state index in [-0.39, 0.29) is 42.8 Å². The third kappa shape index (κ3) is 8.13. The third-order valence-corrected chi connectivity index (χ3v) is 9.03. The first-order valence-corrected chi connectivity index (χ1v) is 17.0. The van der Waals surface area contributed by atoms with Gasteiger partial charge in [-0.1, -0.05) is 64.3 Å². The van der Waals surface area contributed by atoms with Crippen molar-refractivity contribution in [1.82, 2.24) is 4.57 Å². The Bertz CT molecular complexity index is 2110. The molecule has 0 aliphatic carbocycles. The maximum atomic E-state index is 14.3. The van der Waals surface area contributed by atoms with Crippen LogP contribution < -0.4 is 29.1 Å². The summed E-state index contributed by atoms with van der Waals surface area (Å²) in [6.45, 7) is 5.43. The summed E-state index contributed by atoms with van der Waals surface area (Å²) in [6, 6.07) is 14.4. The first-order chi connectivity index (χ1) is 23.5. The van der Waals surface area contributed by atoms with Crippen LogP contribution in [0.3, 0.4) is 0 Å². The number of hydrogen-bond acceptors (Lipinski definition) is 10. The second kappa shape index (κ2) is 15.9. The molecule has 0 amide bonds. The maximum Gasteiger partial charge on any atom is 0.343 e. The van der Waals surface area contributed by atoms with Gasteiger partial charge in [-0.3, -0.25) is 9.36 Å². The molecule has 0 bridgehead atoms. The van der Waals surface area contributed by atoms with Crippen LogP contribution in [0.4, 0.5) is 0 Å². The predicted molar refractivity (Wildman–Crippen MR) is 188 cm³/mol. The fraction of sp³-hybridized carbons (Fsp3) is 0.257. The van der Waals surface area contributed by atoms with E-state index in [0.717, 1.165) is 16.9 Å². The summed E-state index contributed by atoms with van der Waals surface area (Å²) in [6.07, 6.45) is 1.63. The van der Waals surface area contributed by atoms with Crippen LogP contribution in [0.1, 0.15) is 43.5 Å². The lowest BCUT2D eigenvalue weighted by atomic mass is 9.95. The van der Waals surface area contributed by atoms with Crippen molar-refractivity contribution in [2.24, 2.45) is 4.99 Å². The van der Waals surface area contributed by atoms with E-state index in [1.165, 1.54) is 11.7 Å². The van der Waals surface area contributed by atoms with Crippen LogP contribution in [-0.4, -0.2) is 43.4 Å². The number of fused-ring (bicyclic) bond motifs is 1. The number of thiazole rings is 1. The lowest BCUT2D eigenvalue weighted by Gasteiger charge is -2.25. The molecule has 14 heteroatoms. The zero-order valence-corrected chi connectivity index (χ0v) is 30.0. The SMILES string of the molecule is CCOC(=O)C1=C(C)N=c2s/c(=C/c3cc(Cl)cc(Cl)c3OCc3ccc(Cl)cc3)c(=O)n2[C@@H]1c1ccc(OCC(=O)OC)c(OCC)c1. The highest BCUT2D eigenvalue weighted by atomic mass is 35.5. The summed E-state index contributed by atoms with van der Waals surface area (Å²) >= 11 is 20.1. The van der Waals surface area contributed by atoms with Crippen LogP contribution in [0.25, 0.3) is 6.08 Å². The van der Waals surface area contributed by atoms with Crippen LogP contribution in [0.2, 0.25) is 15.1 Å². The quantitative estimate of drug-likeness (QED) is 0.156. The topological polar surface area (TPSA) is 115 Å². The maximum absolute atomic E-state index is 14.3. The van der Waals surface area contributed by atoms with E-state index in [9.17, 15) is 14.4 Å². The van der Waals surface area contributed by atoms with Crippen molar-refractivity contribution < 1.29 is 33.3 Å². The van der Waals surface area contributed by atoms with Crippen LogP contribution >= 0.6 is 46.1 Å². The van der Waals surface area contributed by atoms with Crippen molar-refractivity contribution in [2.45, 2.75) is 33.4 Å². The highest BCUT2D eigenvalue weighted by Crippen LogP contribution is 2.37. The van der Waals surface area contributed by atoms with Crippen LogP contribution in [0.15, 0.2) is 75.7 Å². The van der Waals surface area contributed by atoms with Gasteiger partial charge in [0.15, 0.2) is 22.9 Å². The fourth-order valence-electron chi connectivity index (χ4n) is 5.10. The average Bonchev–Trinajstić information content (AvgIpc) is 3.37. The van der Waals surface area contributed by atoms with E-state index in [1.54, 1.807) is 69.3 Å². The van der Waals surface area contributed by atoms with Gasteiger partial charge in [0.2, 0.25) is 0 Å². The summed E-state index contributed by atoms with van der Waals surface area (Å²) in [4.78, 5) is 44.4. The van der Waals surface area contributed by atoms with Crippen LogP contribution in [0.5, 0.6) is 17.2 Å². The monoisotopic (exact) mass is 744 g/mol. The number of methoxy groups -OCH3 is 1. The Hall–Kier alpha value is -4.29. The van der Waals surface area contributed by atoms with Gasteiger partial charge >= 0.3 is 11.9 Å². The summed E-state index contributed by atoms with van der Waals surface area (Å²) in [5, 5.41) is 1.21. The number of esters is 2. The molecular formula is C35H31Cl3N2O8S. The normalized spacial score (nSPS) is 14.2. The molecule has 256 valence electrons. The molecule has 1 aromatic heterocycles. The van der Waals surface area contributed by atoms with E-state index in [2.05, 4.69) is 9.73 Å². The van der Waals surface area contributed by atoms with Crippen molar-refractivity contribution >= 4 is 64.2 Å². The smallest absolute Gasteiger partial charge is 0.343 e. The molecule has 4 aromatic rings. The van der Waals surface area contributed by atoms with Gasteiger partial charge in [0.25, 0.3) is 5.56 Å². The highest BCUT2D eigenvalue weighted by molar-refractivity contribution is 7.07. The van der Waals surface area contributed by atoms with Gasteiger partial charge < -0.3 is 23.7 Å². The lowest BCUT2D eigenvalue weighted by molar-refractivity contribution is -0.143. The molecule has 0 spiro atoms. The number of rotatable bonds is 12. The second-order valence-electron chi connectivity index (χ2n) is 10.5. The average molecular weight is 746 g/mol. The number of carbonyl (C=O) groups excluding carboxylic acids is 2. The molecule has 3 aromatic carbocycles. The zero-order valence-electron chi connectivity index (χ0n) is 26.9. The second-order valence-corrected chi connectivity index (χ2v) is 12.8. The largest absolute Gasteiger partial charge is 0.490 e. The Balaban J connectivity index is 1.64. The first-order valence-electron chi connectivity index (χ1n) is 15.1. The molecule has 0 unspecified atom stereocenters. The highest BCUT2D eigenvalue weighted by Gasteiger charge is 2.34. The van der Waals surface area contributed by atoms with Gasteiger partial charge in [-0.25, -0.2) is 14.6 Å². The van der Waals surface area contributed by atoms with Gasteiger partial charge in [-0.2, -0.15) is 0 Å². The molecule has 2 heterocycles. The minimum absolute atomic E-state index is 0.117. The molecule has 0 saturated carbocycles. The van der Waals surface area contributed by atoms with E-state index >= 15 is 0 Å². The molecular weight excluding hydrogens is 715 g/mol. The molecule has 1 aliphatic rings. The molecule has 1 aliphatic heterocycles. The Labute approximate surface area is 300 Å². The van der Waals surface area contributed by atoms with E-state index in [0.29, 0.717) is 47.7 Å². The van der Waals surface area contributed by atoms with Gasteiger partial charge in [-0.05, 0) is 74.4 Å². The Morgan fingerprint density at radius 3 is 2.39 bits per heavy atom. The van der Waals surface area contributed by atoms with Gasteiger partial charge in [0.05, 0.1) is 47.2 Å². The summed E-state index contributed by atoms with van der Waals surface area (Å²) in [5.41, 5.74) is 2.00. The number of allylic oxidation sites excluding steroid dienone is 1. The Morgan fingerprint density at radius 2 is 1.69 bits per heavy atom. The van der Waals surface area contributed by atoms with Crippen LogP contribution in [-0.2, 0) is 25.7 Å². The third-order valence-electron chi connectivity index (χ3n) is 7.29. The molecule has 5 rings (SSSR count). The van der Waals surface area contributed by atoms with Crippen molar-refractivity contribution in [3.05, 3.63) is 117 Å². The van der Waals surface area contributed by atoms with Crippen molar-refractivity contribution in [2.75, 3.05) is 26.9 Å². The first kappa shape index (κ1) is 36.0. The summed E-state index contributed by atoms with van der Waals surface area (Å²) in [5.74, 6) is -0.269. The predicted octanol–water partition coefficient (Wildman–Crippen LogP) is 6.29. The van der Waals surface area contributed by atoms with E-state index in [4.69, 9.17) is 53.8 Å².